The van der Waals surface area contributed by atoms with Crippen LogP contribution in [-0.4, -0.2) is 35.3 Å². The van der Waals surface area contributed by atoms with Gasteiger partial charge >= 0.3 is 0 Å². The third-order valence-corrected chi connectivity index (χ3v) is 3.43. The third-order valence-electron chi connectivity index (χ3n) is 3.03. The Morgan fingerprint density at radius 3 is 2.94 bits per heavy atom. The lowest BCUT2D eigenvalue weighted by Gasteiger charge is -2.39. The number of hydrogen-bond donors (Lipinski definition) is 0. The first-order valence-electron chi connectivity index (χ1n) is 5.99. The molecule has 0 aliphatic carbocycles. The van der Waals surface area contributed by atoms with Gasteiger partial charge in [-0.1, -0.05) is 6.92 Å². The lowest BCUT2D eigenvalue weighted by Crippen LogP contribution is -2.49. The van der Waals surface area contributed by atoms with Crippen molar-refractivity contribution in [1.29, 1.82) is 0 Å². The van der Waals surface area contributed by atoms with Crippen molar-refractivity contribution >= 4 is 21.7 Å². The first-order chi connectivity index (χ1) is 8.10. The van der Waals surface area contributed by atoms with E-state index in [9.17, 15) is 0 Å². The highest BCUT2D eigenvalue weighted by molar-refractivity contribution is 9.10. The number of anilines is 1. The van der Waals surface area contributed by atoms with E-state index in [1.54, 1.807) is 0 Å². The van der Waals surface area contributed by atoms with Gasteiger partial charge in [-0.3, -0.25) is 0 Å². The van der Waals surface area contributed by atoms with Crippen LogP contribution in [0.1, 0.15) is 26.1 Å². The van der Waals surface area contributed by atoms with E-state index in [1.807, 2.05) is 13.0 Å². The molecule has 5 heteroatoms. The number of nitrogens with zero attached hydrogens (tertiary/aromatic N) is 3. The van der Waals surface area contributed by atoms with Gasteiger partial charge in [0.05, 0.1) is 18.8 Å². The minimum absolute atomic E-state index is 0.256. The highest BCUT2D eigenvalue weighted by atomic mass is 79.9. The van der Waals surface area contributed by atoms with Crippen LogP contribution in [0.25, 0.3) is 0 Å². The van der Waals surface area contributed by atoms with Gasteiger partial charge in [0, 0.05) is 12.6 Å². The van der Waals surface area contributed by atoms with Crippen molar-refractivity contribution in [1.82, 2.24) is 9.97 Å². The zero-order chi connectivity index (χ0) is 12.4. The first-order valence-corrected chi connectivity index (χ1v) is 6.79. The maximum Gasteiger partial charge on any atom is 0.133 e. The van der Waals surface area contributed by atoms with Crippen molar-refractivity contribution < 1.29 is 4.74 Å². The summed E-state index contributed by atoms with van der Waals surface area (Å²) < 4.78 is 6.54. The Labute approximate surface area is 111 Å². The Morgan fingerprint density at radius 1 is 1.53 bits per heavy atom. The third kappa shape index (κ3) is 2.96. The molecule has 0 radical (unpaired) electrons. The van der Waals surface area contributed by atoms with Crippen molar-refractivity contribution in [3.8, 4) is 0 Å². The summed E-state index contributed by atoms with van der Waals surface area (Å²) in [6.45, 7) is 7.86. The molecule has 0 spiro atoms. The number of halogens is 1. The zero-order valence-corrected chi connectivity index (χ0v) is 12.1. The molecule has 94 valence electrons. The van der Waals surface area contributed by atoms with Crippen LogP contribution in [0.3, 0.4) is 0 Å². The van der Waals surface area contributed by atoms with Gasteiger partial charge in [0.15, 0.2) is 0 Å². The van der Waals surface area contributed by atoms with Crippen LogP contribution in [0.4, 0.5) is 5.82 Å². The lowest BCUT2D eigenvalue weighted by atomic mass is 10.1. The van der Waals surface area contributed by atoms with Crippen LogP contribution in [-0.2, 0) is 4.74 Å². The van der Waals surface area contributed by atoms with Gasteiger partial charge in [-0.05, 0) is 36.2 Å². The van der Waals surface area contributed by atoms with Gasteiger partial charge in [-0.15, -0.1) is 0 Å². The van der Waals surface area contributed by atoms with Gasteiger partial charge in [-0.25, -0.2) is 9.97 Å². The topological polar surface area (TPSA) is 38.2 Å². The fourth-order valence-corrected chi connectivity index (χ4v) is 2.59. The Balaban J connectivity index is 2.28. The summed E-state index contributed by atoms with van der Waals surface area (Å²) in [5.41, 5.74) is 0. The van der Waals surface area contributed by atoms with Crippen LogP contribution >= 0.6 is 15.9 Å². The van der Waals surface area contributed by atoms with Crippen LogP contribution < -0.4 is 4.90 Å². The molecular weight excluding hydrogens is 282 g/mol. The molecule has 2 atom stereocenters. The molecule has 2 rings (SSSR count). The molecule has 17 heavy (non-hydrogen) atoms. The number of morpholine rings is 1. The molecule has 1 saturated heterocycles. The van der Waals surface area contributed by atoms with Crippen molar-refractivity contribution in [2.45, 2.75) is 39.3 Å². The maximum absolute atomic E-state index is 5.70. The molecule has 4 nitrogen and oxygen atoms in total. The molecule has 0 saturated carbocycles. The minimum Gasteiger partial charge on any atom is -0.375 e. The second kappa shape index (κ2) is 5.31. The van der Waals surface area contributed by atoms with E-state index in [0.29, 0.717) is 6.04 Å². The summed E-state index contributed by atoms with van der Waals surface area (Å²) in [6.07, 6.45) is 1.32. The van der Waals surface area contributed by atoms with Gasteiger partial charge in [-0.2, -0.15) is 0 Å². The van der Waals surface area contributed by atoms with Crippen LogP contribution in [0.15, 0.2) is 10.7 Å². The van der Waals surface area contributed by atoms with E-state index in [1.165, 1.54) is 0 Å². The Morgan fingerprint density at radius 2 is 2.29 bits per heavy atom. The maximum atomic E-state index is 5.70. The Kier molecular flexibility index (Phi) is 3.99. The van der Waals surface area contributed by atoms with Crippen LogP contribution in [0, 0.1) is 6.92 Å². The standard InChI is InChI=1S/C12H18BrN3O/c1-4-10-7-17-8(2)6-16(10)12-5-11(13)14-9(3)15-12/h5,8,10H,4,6-7H2,1-3H3. The van der Waals surface area contributed by atoms with E-state index in [-0.39, 0.29) is 6.10 Å². The molecule has 1 aromatic rings. The van der Waals surface area contributed by atoms with Crippen molar-refractivity contribution in [3.63, 3.8) is 0 Å². The molecule has 1 aromatic heterocycles. The first kappa shape index (κ1) is 12.8. The summed E-state index contributed by atoms with van der Waals surface area (Å²) in [7, 11) is 0. The molecule has 0 bridgehead atoms. The summed E-state index contributed by atoms with van der Waals surface area (Å²) in [4.78, 5) is 11.1. The lowest BCUT2D eigenvalue weighted by molar-refractivity contribution is 0.0296. The van der Waals surface area contributed by atoms with E-state index >= 15 is 0 Å². The van der Waals surface area contributed by atoms with Crippen LogP contribution in [0.5, 0.6) is 0 Å². The largest absolute Gasteiger partial charge is 0.375 e. The quantitative estimate of drug-likeness (QED) is 0.787. The smallest absolute Gasteiger partial charge is 0.133 e. The Hall–Kier alpha value is -0.680. The van der Waals surface area contributed by atoms with Crippen molar-refractivity contribution in [2.75, 3.05) is 18.1 Å². The number of hydrogen-bond acceptors (Lipinski definition) is 4. The van der Waals surface area contributed by atoms with Gasteiger partial charge < -0.3 is 9.64 Å². The average Bonchev–Trinajstić information content (AvgIpc) is 2.27. The number of aromatic nitrogens is 2. The monoisotopic (exact) mass is 299 g/mol. The van der Waals surface area contributed by atoms with Crippen molar-refractivity contribution in [2.24, 2.45) is 0 Å². The molecule has 0 aromatic carbocycles. The van der Waals surface area contributed by atoms with Gasteiger partial charge in [0.1, 0.15) is 16.2 Å². The molecule has 0 amide bonds. The second-order valence-electron chi connectivity index (χ2n) is 4.45. The van der Waals surface area contributed by atoms with Gasteiger partial charge in [0.2, 0.25) is 0 Å². The SMILES string of the molecule is CCC1COC(C)CN1c1cc(Br)nc(C)n1. The summed E-state index contributed by atoms with van der Waals surface area (Å²) in [5, 5.41) is 0. The summed E-state index contributed by atoms with van der Waals surface area (Å²) >= 11 is 3.43. The fourth-order valence-electron chi connectivity index (χ4n) is 2.13. The highest BCUT2D eigenvalue weighted by Gasteiger charge is 2.26. The minimum atomic E-state index is 0.256. The molecule has 2 unspecified atom stereocenters. The number of ether oxygens (including phenoxy) is 1. The molecule has 1 aliphatic heterocycles. The molecular formula is C12H18BrN3O. The van der Waals surface area contributed by atoms with Crippen molar-refractivity contribution in [3.05, 3.63) is 16.5 Å². The van der Waals surface area contributed by atoms with Gasteiger partial charge in [0.25, 0.3) is 0 Å². The predicted octanol–water partition coefficient (Wildman–Crippen LogP) is 2.55. The molecule has 1 fully saturated rings. The summed E-state index contributed by atoms with van der Waals surface area (Å²) in [6, 6.07) is 2.39. The molecule has 0 N–H and O–H groups in total. The van der Waals surface area contributed by atoms with E-state index in [0.717, 1.165) is 35.8 Å². The number of rotatable bonds is 2. The molecule has 1 aliphatic rings. The van der Waals surface area contributed by atoms with Crippen LogP contribution in [0.2, 0.25) is 0 Å². The highest BCUT2D eigenvalue weighted by Crippen LogP contribution is 2.23. The van der Waals surface area contributed by atoms with E-state index < -0.39 is 0 Å². The average molecular weight is 300 g/mol. The predicted molar refractivity (Wildman–Crippen MR) is 71.3 cm³/mol. The molecule has 2 heterocycles. The number of aryl methyl sites for hydroxylation is 1. The zero-order valence-electron chi connectivity index (χ0n) is 10.5. The van der Waals surface area contributed by atoms with E-state index in [2.05, 4.69) is 44.6 Å². The summed E-state index contributed by atoms with van der Waals surface area (Å²) in [5.74, 6) is 1.79. The fraction of sp³-hybridized carbons (Fsp3) is 0.667. The normalized spacial score (nSPS) is 25.1. The van der Waals surface area contributed by atoms with E-state index in [4.69, 9.17) is 4.74 Å². The second-order valence-corrected chi connectivity index (χ2v) is 5.27. The Bertz CT molecular complexity index is 379.